The van der Waals surface area contributed by atoms with E-state index in [1.165, 1.54) is 0 Å². The van der Waals surface area contributed by atoms with Crippen molar-refractivity contribution in [2.24, 2.45) is 5.16 Å². The van der Waals surface area contributed by atoms with Crippen LogP contribution in [0.25, 0.3) is 10.8 Å². The van der Waals surface area contributed by atoms with Crippen LogP contribution in [0.2, 0.25) is 0 Å². The molecule has 1 atom stereocenters. The van der Waals surface area contributed by atoms with Crippen molar-refractivity contribution < 1.29 is 24.2 Å². The van der Waals surface area contributed by atoms with Crippen LogP contribution in [0.5, 0.6) is 17.2 Å². The summed E-state index contributed by atoms with van der Waals surface area (Å²) in [6.07, 6.45) is 3.48. The van der Waals surface area contributed by atoms with Crippen molar-refractivity contribution in [1.29, 1.82) is 0 Å². The van der Waals surface area contributed by atoms with Gasteiger partial charge in [-0.1, -0.05) is 42.8 Å². The highest BCUT2D eigenvalue weighted by molar-refractivity contribution is 5.96. The highest BCUT2D eigenvalue weighted by Gasteiger charge is 2.30. The Bertz CT molecular complexity index is 1180. The monoisotopic (exact) mass is 463 g/mol. The number of hydrogen-bond acceptors (Lipinski definition) is 6. The molecule has 1 aliphatic heterocycles. The first-order chi connectivity index (χ1) is 16.3. The Morgan fingerprint density at radius 3 is 2.18 bits per heavy atom. The number of hydrogen-bond donors (Lipinski definition) is 1. The molecule has 34 heavy (non-hydrogen) atoms. The Morgan fingerprint density at radius 1 is 0.941 bits per heavy atom. The van der Waals surface area contributed by atoms with E-state index in [0.717, 1.165) is 64.6 Å². The number of aromatic hydroxyl groups is 1. The fraction of sp³-hybridized carbons (Fsp3) is 0.393. The topological polar surface area (TPSA) is 69.5 Å². The van der Waals surface area contributed by atoms with Crippen molar-refractivity contribution in [2.45, 2.75) is 58.2 Å². The smallest absolute Gasteiger partial charge is 0.271 e. The van der Waals surface area contributed by atoms with Gasteiger partial charge in [0, 0.05) is 42.5 Å². The zero-order valence-corrected chi connectivity index (χ0v) is 20.6. The van der Waals surface area contributed by atoms with E-state index >= 15 is 0 Å². The van der Waals surface area contributed by atoms with Crippen LogP contribution >= 0.6 is 0 Å². The molecule has 0 fully saturated rings. The van der Waals surface area contributed by atoms with Crippen molar-refractivity contribution in [1.82, 2.24) is 0 Å². The molecule has 6 nitrogen and oxygen atoms in total. The molecule has 4 rings (SSSR count). The van der Waals surface area contributed by atoms with E-state index in [0.29, 0.717) is 5.90 Å². The Balaban J connectivity index is 1.69. The van der Waals surface area contributed by atoms with Crippen molar-refractivity contribution in [3.05, 3.63) is 65.2 Å². The Morgan fingerprint density at radius 2 is 1.59 bits per heavy atom. The predicted molar refractivity (Wildman–Crippen MR) is 134 cm³/mol. The maximum absolute atomic E-state index is 9.88. The van der Waals surface area contributed by atoms with Crippen LogP contribution in [-0.4, -0.2) is 31.0 Å². The number of phenols is 1. The molecular weight excluding hydrogens is 430 g/mol. The van der Waals surface area contributed by atoms with Gasteiger partial charge in [-0.05, 0) is 48.2 Å². The molecule has 3 aromatic carbocycles. The largest absolute Gasteiger partial charge is 0.508 e. The van der Waals surface area contributed by atoms with E-state index in [1.807, 2.05) is 38.1 Å². The second-order valence-electron chi connectivity index (χ2n) is 9.12. The van der Waals surface area contributed by atoms with Gasteiger partial charge < -0.3 is 24.2 Å². The average molecular weight is 464 g/mol. The zero-order valence-electron chi connectivity index (χ0n) is 20.6. The first-order valence-corrected chi connectivity index (χ1v) is 11.7. The van der Waals surface area contributed by atoms with Crippen LogP contribution < -0.4 is 9.47 Å². The molecule has 0 spiro atoms. The molecule has 3 aromatic rings. The van der Waals surface area contributed by atoms with Gasteiger partial charge in [-0.2, -0.15) is 0 Å². The van der Waals surface area contributed by atoms with E-state index < -0.39 is 5.79 Å². The lowest BCUT2D eigenvalue weighted by atomic mass is 9.82. The summed E-state index contributed by atoms with van der Waals surface area (Å²) in [7, 11) is 3.44. The number of methoxy groups -OCH3 is 2. The van der Waals surface area contributed by atoms with E-state index in [2.05, 4.69) is 24.2 Å². The molecular formula is C28H33NO5. The molecule has 0 aliphatic carbocycles. The van der Waals surface area contributed by atoms with Gasteiger partial charge in [-0.15, -0.1) is 0 Å². The molecule has 1 heterocycles. The molecule has 180 valence electrons. The summed E-state index contributed by atoms with van der Waals surface area (Å²) < 4.78 is 17.6. The lowest BCUT2D eigenvalue weighted by molar-refractivity contribution is -0.129. The van der Waals surface area contributed by atoms with E-state index in [-0.39, 0.29) is 11.7 Å². The summed E-state index contributed by atoms with van der Waals surface area (Å²) in [5.74, 6) is 2.01. The molecule has 6 heteroatoms. The lowest BCUT2D eigenvalue weighted by Crippen LogP contribution is -2.22. The minimum Gasteiger partial charge on any atom is -0.508 e. The minimum absolute atomic E-state index is 0.0631. The van der Waals surface area contributed by atoms with Crippen molar-refractivity contribution in [3.8, 4) is 17.2 Å². The summed E-state index contributed by atoms with van der Waals surface area (Å²) in [6, 6.07) is 15.6. The quantitative estimate of drug-likeness (QED) is 0.359. The first-order valence-electron chi connectivity index (χ1n) is 11.7. The summed E-state index contributed by atoms with van der Waals surface area (Å²) in [6.45, 7) is 5.80. The SMILES string of the molecule is COc1c(C)c(C(CCCCC2=NOC(C)(C)O2)c2ccc(O)cc2)c(OC)c2ccccc12. The van der Waals surface area contributed by atoms with Gasteiger partial charge in [0.15, 0.2) is 0 Å². The highest BCUT2D eigenvalue weighted by Crippen LogP contribution is 2.47. The fourth-order valence-corrected chi connectivity index (χ4v) is 4.81. The number of ether oxygens (including phenoxy) is 3. The van der Waals surface area contributed by atoms with E-state index in [1.54, 1.807) is 26.4 Å². The summed E-state index contributed by atoms with van der Waals surface area (Å²) in [5.41, 5.74) is 3.30. The summed E-state index contributed by atoms with van der Waals surface area (Å²) in [4.78, 5) is 5.30. The fourth-order valence-electron chi connectivity index (χ4n) is 4.81. The van der Waals surface area contributed by atoms with Gasteiger partial charge in [0.05, 0.1) is 14.2 Å². The lowest BCUT2D eigenvalue weighted by Gasteiger charge is -2.26. The van der Waals surface area contributed by atoms with Crippen LogP contribution in [0, 0.1) is 6.92 Å². The second-order valence-corrected chi connectivity index (χ2v) is 9.12. The van der Waals surface area contributed by atoms with E-state index in [9.17, 15) is 5.11 Å². The predicted octanol–water partition coefficient (Wildman–Crippen LogP) is 6.66. The third-order valence-corrected chi connectivity index (χ3v) is 6.32. The van der Waals surface area contributed by atoms with Gasteiger partial charge >= 0.3 is 0 Å². The van der Waals surface area contributed by atoms with Crippen LogP contribution in [0.3, 0.4) is 0 Å². The maximum atomic E-state index is 9.88. The molecule has 1 aliphatic rings. The van der Waals surface area contributed by atoms with Crippen molar-refractivity contribution in [2.75, 3.05) is 14.2 Å². The standard InChI is InChI=1S/C28H33NO5/c1-18-25(27(32-5)23-12-7-6-11-22(23)26(18)31-4)21(19-14-16-20(30)17-15-19)10-8-9-13-24-29-34-28(2,3)33-24/h6-7,11-12,14-17,21,30H,8-10,13H2,1-5H3. The van der Waals surface area contributed by atoms with E-state index in [4.69, 9.17) is 19.0 Å². The third kappa shape index (κ3) is 4.76. The Hall–Kier alpha value is -3.41. The molecule has 1 N–H and O–H groups in total. The average Bonchev–Trinajstić information content (AvgIpc) is 3.18. The molecule has 0 bridgehead atoms. The third-order valence-electron chi connectivity index (χ3n) is 6.32. The zero-order chi connectivity index (χ0) is 24.3. The number of nitrogens with zero attached hydrogens (tertiary/aromatic N) is 1. The first kappa shape index (κ1) is 23.7. The van der Waals surface area contributed by atoms with Crippen LogP contribution in [0.15, 0.2) is 53.7 Å². The Labute approximate surface area is 201 Å². The van der Waals surface area contributed by atoms with Crippen LogP contribution in [-0.2, 0) is 9.57 Å². The van der Waals surface area contributed by atoms with Gasteiger partial charge in [0.25, 0.3) is 5.79 Å². The molecule has 0 aromatic heterocycles. The van der Waals surface area contributed by atoms with Gasteiger partial charge in [-0.25, -0.2) is 0 Å². The maximum Gasteiger partial charge on any atom is 0.271 e. The van der Waals surface area contributed by atoms with Crippen molar-refractivity contribution in [3.63, 3.8) is 0 Å². The van der Waals surface area contributed by atoms with Gasteiger partial charge in [0.2, 0.25) is 5.90 Å². The van der Waals surface area contributed by atoms with Gasteiger partial charge in [-0.3, -0.25) is 0 Å². The molecule has 0 saturated carbocycles. The molecule has 1 unspecified atom stereocenters. The number of oxime groups is 1. The molecule has 0 saturated heterocycles. The summed E-state index contributed by atoms with van der Waals surface area (Å²) >= 11 is 0. The molecule has 0 amide bonds. The summed E-state index contributed by atoms with van der Waals surface area (Å²) in [5, 5.41) is 16.0. The second kappa shape index (κ2) is 9.84. The molecule has 0 radical (unpaired) electrons. The van der Waals surface area contributed by atoms with Crippen LogP contribution in [0.4, 0.5) is 0 Å². The minimum atomic E-state index is -0.684. The highest BCUT2D eigenvalue weighted by atomic mass is 16.8. The van der Waals surface area contributed by atoms with Crippen molar-refractivity contribution >= 4 is 16.7 Å². The number of fused-ring (bicyclic) bond motifs is 1. The number of benzene rings is 3. The number of phenolic OH excluding ortho intramolecular Hbond substituents is 1. The number of unbranched alkanes of at least 4 members (excludes halogenated alkanes) is 1. The normalized spacial score (nSPS) is 15.4. The Kier molecular flexibility index (Phi) is 6.87. The van der Waals surface area contributed by atoms with Crippen LogP contribution in [0.1, 0.15) is 62.1 Å². The number of rotatable bonds is 9. The van der Waals surface area contributed by atoms with Gasteiger partial charge in [0.1, 0.15) is 17.2 Å².